The molecule has 4 heteroatoms. The van der Waals surface area contributed by atoms with Crippen LogP contribution in [-0.4, -0.2) is 30.9 Å². The van der Waals surface area contributed by atoms with Crippen LogP contribution in [-0.2, 0) is 4.74 Å². The number of hydrogen-bond donors (Lipinski definition) is 2. The zero-order valence-electron chi connectivity index (χ0n) is 9.76. The molecule has 0 aromatic heterocycles. The van der Waals surface area contributed by atoms with Crippen LogP contribution in [0.25, 0.3) is 0 Å². The van der Waals surface area contributed by atoms with E-state index in [0.29, 0.717) is 23.7 Å². The summed E-state index contributed by atoms with van der Waals surface area (Å²) in [5.74, 6) is 0.576. The molecule has 0 saturated heterocycles. The fraction of sp³-hybridized carbons (Fsp3) is 0.900. The van der Waals surface area contributed by atoms with E-state index in [4.69, 9.17) is 17.0 Å². The summed E-state index contributed by atoms with van der Waals surface area (Å²) in [6, 6.07) is 0.643. The fourth-order valence-electron chi connectivity index (χ4n) is 0.931. The molecular formula is C10H22N2OS. The van der Waals surface area contributed by atoms with Gasteiger partial charge in [-0.3, -0.25) is 0 Å². The molecule has 0 fully saturated rings. The van der Waals surface area contributed by atoms with Crippen molar-refractivity contribution in [1.82, 2.24) is 10.6 Å². The van der Waals surface area contributed by atoms with Gasteiger partial charge in [-0.25, -0.2) is 0 Å². The Balaban J connectivity index is 3.75. The molecule has 0 bridgehead atoms. The van der Waals surface area contributed by atoms with Gasteiger partial charge in [0.1, 0.15) is 0 Å². The van der Waals surface area contributed by atoms with Crippen LogP contribution >= 0.6 is 12.2 Å². The normalized spacial score (nSPS) is 15.0. The molecule has 0 aliphatic rings. The van der Waals surface area contributed by atoms with Crippen LogP contribution in [0, 0.1) is 5.92 Å². The molecule has 0 aromatic rings. The topological polar surface area (TPSA) is 33.3 Å². The molecule has 0 rings (SSSR count). The molecule has 0 radical (unpaired) electrons. The monoisotopic (exact) mass is 218 g/mol. The van der Waals surface area contributed by atoms with Crippen LogP contribution in [0.2, 0.25) is 0 Å². The van der Waals surface area contributed by atoms with E-state index in [0.717, 1.165) is 0 Å². The smallest absolute Gasteiger partial charge is 0.166 e. The summed E-state index contributed by atoms with van der Waals surface area (Å²) in [6.07, 6.45) is 0. The lowest BCUT2D eigenvalue weighted by Gasteiger charge is -2.22. The highest BCUT2D eigenvalue weighted by molar-refractivity contribution is 7.80. The van der Waals surface area contributed by atoms with Crippen molar-refractivity contribution in [2.24, 2.45) is 5.92 Å². The summed E-state index contributed by atoms with van der Waals surface area (Å²) in [7, 11) is 1.69. The van der Waals surface area contributed by atoms with E-state index in [1.807, 2.05) is 6.92 Å². The van der Waals surface area contributed by atoms with Gasteiger partial charge in [-0.1, -0.05) is 13.8 Å². The number of nitrogens with one attached hydrogen (secondary N) is 2. The van der Waals surface area contributed by atoms with E-state index < -0.39 is 0 Å². The van der Waals surface area contributed by atoms with Crippen molar-refractivity contribution in [3.05, 3.63) is 0 Å². The summed E-state index contributed by atoms with van der Waals surface area (Å²) >= 11 is 5.16. The number of hydrogen-bond acceptors (Lipinski definition) is 2. The second-order valence-electron chi connectivity index (χ2n) is 4.01. The number of ether oxygens (including phenoxy) is 1. The first-order chi connectivity index (χ1) is 6.47. The summed E-state index contributed by atoms with van der Waals surface area (Å²) < 4.78 is 5.01. The van der Waals surface area contributed by atoms with Crippen LogP contribution in [0.1, 0.15) is 27.7 Å². The minimum atomic E-state index is 0.249. The number of methoxy groups -OCH3 is 1. The van der Waals surface area contributed by atoms with Crippen LogP contribution in [0.3, 0.4) is 0 Å². The predicted molar refractivity (Wildman–Crippen MR) is 64.5 cm³/mol. The highest BCUT2D eigenvalue weighted by Crippen LogP contribution is 1.99. The highest BCUT2D eigenvalue weighted by atomic mass is 32.1. The van der Waals surface area contributed by atoms with Crippen molar-refractivity contribution < 1.29 is 4.74 Å². The Bertz CT molecular complexity index is 174. The second kappa shape index (κ2) is 7.01. The van der Waals surface area contributed by atoms with Gasteiger partial charge in [0, 0.05) is 19.2 Å². The zero-order valence-corrected chi connectivity index (χ0v) is 10.6. The molecule has 0 saturated carbocycles. The molecule has 0 aliphatic carbocycles. The first kappa shape index (κ1) is 13.7. The van der Waals surface area contributed by atoms with Gasteiger partial charge in [-0.15, -0.1) is 0 Å². The average Bonchev–Trinajstić information content (AvgIpc) is 2.03. The quantitative estimate of drug-likeness (QED) is 0.686. The van der Waals surface area contributed by atoms with E-state index in [2.05, 4.69) is 31.4 Å². The minimum absolute atomic E-state index is 0.249. The lowest BCUT2D eigenvalue weighted by atomic mass is 10.1. The van der Waals surface area contributed by atoms with Crippen molar-refractivity contribution in [2.45, 2.75) is 39.8 Å². The Kier molecular flexibility index (Phi) is 6.83. The zero-order chi connectivity index (χ0) is 11.1. The van der Waals surface area contributed by atoms with Gasteiger partial charge in [0.15, 0.2) is 5.11 Å². The standard InChI is InChI=1S/C10H22N2OS/c1-7(2)9(4)12-10(14)11-8(3)6-13-5/h7-9H,6H2,1-5H3,(H2,11,12,14). The lowest BCUT2D eigenvalue weighted by Crippen LogP contribution is -2.47. The van der Waals surface area contributed by atoms with Crippen molar-refractivity contribution in [3.8, 4) is 0 Å². The largest absolute Gasteiger partial charge is 0.383 e. The summed E-state index contributed by atoms with van der Waals surface area (Å²) in [5.41, 5.74) is 0. The van der Waals surface area contributed by atoms with Gasteiger partial charge in [-0.05, 0) is 32.0 Å². The third-order valence-corrected chi connectivity index (χ3v) is 2.39. The first-order valence-corrected chi connectivity index (χ1v) is 5.44. The molecule has 14 heavy (non-hydrogen) atoms. The lowest BCUT2D eigenvalue weighted by molar-refractivity contribution is 0.179. The van der Waals surface area contributed by atoms with Gasteiger partial charge in [0.25, 0.3) is 0 Å². The average molecular weight is 218 g/mol. The molecule has 2 atom stereocenters. The van der Waals surface area contributed by atoms with Gasteiger partial charge < -0.3 is 15.4 Å². The van der Waals surface area contributed by atoms with Crippen molar-refractivity contribution >= 4 is 17.3 Å². The molecule has 0 aliphatic heterocycles. The Labute approximate surface area is 92.6 Å². The van der Waals surface area contributed by atoms with E-state index in [1.54, 1.807) is 7.11 Å². The maximum atomic E-state index is 5.16. The van der Waals surface area contributed by atoms with Crippen LogP contribution < -0.4 is 10.6 Å². The molecule has 0 heterocycles. The molecule has 0 spiro atoms. The summed E-state index contributed by atoms with van der Waals surface area (Å²) in [6.45, 7) is 9.16. The summed E-state index contributed by atoms with van der Waals surface area (Å²) in [5, 5.41) is 7.10. The van der Waals surface area contributed by atoms with E-state index in [1.165, 1.54) is 0 Å². The van der Waals surface area contributed by atoms with Crippen molar-refractivity contribution in [2.75, 3.05) is 13.7 Å². The number of thiocarbonyl (C=S) groups is 1. The molecule has 2 unspecified atom stereocenters. The Morgan fingerprint density at radius 1 is 1.21 bits per heavy atom. The SMILES string of the molecule is COCC(C)NC(=S)NC(C)C(C)C. The third-order valence-electron chi connectivity index (χ3n) is 2.15. The highest BCUT2D eigenvalue weighted by Gasteiger charge is 2.09. The van der Waals surface area contributed by atoms with Gasteiger partial charge in [-0.2, -0.15) is 0 Å². The van der Waals surface area contributed by atoms with Crippen molar-refractivity contribution in [3.63, 3.8) is 0 Å². The second-order valence-corrected chi connectivity index (χ2v) is 4.42. The third kappa shape index (κ3) is 6.16. The van der Waals surface area contributed by atoms with E-state index in [9.17, 15) is 0 Å². The Morgan fingerprint density at radius 2 is 1.79 bits per heavy atom. The van der Waals surface area contributed by atoms with Crippen LogP contribution in [0.4, 0.5) is 0 Å². The number of rotatable bonds is 5. The summed E-state index contributed by atoms with van der Waals surface area (Å²) in [4.78, 5) is 0. The van der Waals surface area contributed by atoms with Gasteiger partial charge in [0.2, 0.25) is 0 Å². The molecular weight excluding hydrogens is 196 g/mol. The van der Waals surface area contributed by atoms with E-state index >= 15 is 0 Å². The minimum Gasteiger partial charge on any atom is -0.383 e. The maximum absolute atomic E-state index is 5.16. The van der Waals surface area contributed by atoms with Gasteiger partial charge >= 0.3 is 0 Å². The molecule has 84 valence electrons. The maximum Gasteiger partial charge on any atom is 0.166 e. The fourth-order valence-corrected chi connectivity index (χ4v) is 1.32. The van der Waals surface area contributed by atoms with Crippen molar-refractivity contribution in [1.29, 1.82) is 0 Å². The first-order valence-electron chi connectivity index (χ1n) is 5.03. The molecule has 0 amide bonds. The Morgan fingerprint density at radius 3 is 2.21 bits per heavy atom. The molecule has 2 N–H and O–H groups in total. The van der Waals surface area contributed by atoms with E-state index in [-0.39, 0.29) is 6.04 Å². The Hall–Kier alpha value is -0.350. The van der Waals surface area contributed by atoms with Crippen LogP contribution in [0.15, 0.2) is 0 Å². The molecule has 0 aromatic carbocycles. The van der Waals surface area contributed by atoms with Gasteiger partial charge in [0.05, 0.1) is 6.61 Å². The molecule has 3 nitrogen and oxygen atoms in total. The van der Waals surface area contributed by atoms with Crippen LogP contribution in [0.5, 0.6) is 0 Å². The predicted octanol–water partition coefficient (Wildman–Crippen LogP) is 1.53.